The number of halogens is 1. The van der Waals surface area contributed by atoms with Crippen LogP contribution in [0.3, 0.4) is 0 Å². The number of hydrogen-bond acceptors (Lipinski definition) is 6. The van der Waals surface area contributed by atoms with Crippen molar-refractivity contribution < 1.29 is 23.5 Å². The molecule has 1 aromatic heterocycles. The van der Waals surface area contributed by atoms with Crippen LogP contribution in [0.4, 0.5) is 9.18 Å². The van der Waals surface area contributed by atoms with Gasteiger partial charge in [0, 0.05) is 25.4 Å². The zero-order chi connectivity index (χ0) is 28.5. The lowest BCUT2D eigenvalue weighted by Crippen LogP contribution is -2.39. The van der Waals surface area contributed by atoms with Crippen molar-refractivity contribution in [1.29, 1.82) is 0 Å². The Labute approximate surface area is 223 Å². The van der Waals surface area contributed by atoms with E-state index in [-0.39, 0.29) is 12.4 Å². The highest BCUT2D eigenvalue weighted by atomic mass is 19.1. The fraction of sp³-hybridized carbons (Fsp3) is 0.357. The summed E-state index contributed by atoms with van der Waals surface area (Å²) in [5.41, 5.74) is 4.40. The van der Waals surface area contributed by atoms with E-state index in [1.807, 2.05) is 44.2 Å². The summed E-state index contributed by atoms with van der Waals surface area (Å²) in [6.45, 7) is 16.3. The lowest BCUT2D eigenvalue weighted by atomic mass is 10.0. The molecular weight excluding hydrogens is 489 g/mol. The predicted octanol–water partition coefficient (Wildman–Crippen LogP) is 5.47. The second-order valence-corrected chi connectivity index (χ2v) is 9.50. The summed E-state index contributed by atoms with van der Waals surface area (Å²) in [5, 5.41) is 1.13. The van der Waals surface area contributed by atoms with Crippen LogP contribution >= 0.6 is 0 Å². The van der Waals surface area contributed by atoms with Gasteiger partial charge in [0.1, 0.15) is 23.5 Å². The number of benzene rings is 1. The summed E-state index contributed by atoms with van der Waals surface area (Å²) >= 11 is 0. The molecule has 0 saturated heterocycles. The van der Waals surface area contributed by atoms with E-state index in [9.17, 15) is 14.0 Å². The topological polar surface area (TPSA) is 96.4 Å². The number of rotatable bonds is 11. The van der Waals surface area contributed by atoms with Crippen LogP contribution in [0.2, 0.25) is 0 Å². The molecule has 0 atom stereocenters. The van der Waals surface area contributed by atoms with E-state index >= 15 is 0 Å². The molecule has 9 nitrogen and oxygen atoms in total. The minimum Gasteiger partial charge on any atom is -0.443 e. The highest BCUT2D eigenvalue weighted by Gasteiger charge is 2.24. The third-order valence-electron chi connectivity index (χ3n) is 5.08. The number of aliphatic imine (C=N–C) groups is 1. The first-order valence-corrected chi connectivity index (χ1v) is 12.1. The zero-order valence-electron chi connectivity index (χ0n) is 22.9. The Morgan fingerprint density at radius 2 is 1.89 bits per heavy atom. The van der Waals surface area contributed by atoms with Crippen LogP contribution in [0.5, 0.6) is 11.6 Å². The molecule has 204 valence electrons. The molecule has 2 rings (SSSR count). The Morgan fingerprint density at radius 1 is 1.18 bits per heavy atom. The van der Waals surface area contributed by atoms with Crippen LogP contribution in [0, 0.1) is 6.92 Å². The molecule has 38 heavy (non-hydrogen) atoms. The first kappa shape index (κ1) is 30.0. The van der Waals surface area contributed by atoms with Crippen molar-refractivity contribution in [1.82, 2.24) is 20.3 Å². The Kier molecular flexibility index (Phi) is 10.6. The monoisotopic (exact) mass is 525 g/mol. The number of aryl methyl sites for hydroxylation is 2. The maximum Gasteiger partial charge on any atom is 0.415 e. The van der Waals surface area contributed by atoms with Crippen molar-refractivity contribution in [2.24, 2.45) is 4.99 Å². The summed E-state index contributed by atoms with van der Waals surface area (Å²) in [5.74, 6) is -0.957. The highest BCUT2D eigenvalue weighted by Crippen LogP contribution is 2.25. The second-order valence-electron chi connectivity index (χ2n) is 9.50. The normalized spacial score (nSPS) is 11.1. The van der Waals surface area contributed by atoms with Crippen LogP contribution in [-0.2, 0) is 22.4 Å². The lowest BCUT2D eigenvalue weighted by Gasteiger charge is -2.27. The predicted molar refractivity (Wildman–Crippen MR) is 145 cm³/mol. The van der Waals surface area contributed by atoms with Crippen molar-refractivity contribution >= 4 is 18.3 Å². The molecule has 0 unspecified atom stereocenters. The Hall–Kier alpha value is -4.21. The SMILES string of the molecule is C=C(F)C(=O)NN(C)C=NC(=C)N(CCc1cc(Oc2cccc(C)n2)ccc1CC)C(=O)OC(C)(C)C. The number of nitrogens with zero attached hydrogens (tertiary/aromatic N) is 4. The molecule has 2 aromatic rings. The standard InChI is InChI=1S/C28H36FN5O4/c1-9-22-13-14-24(37-25-12-10-11-19(2)31-25)17-23(22)15-16-34(27(36)38-28(5,6)7)21(4)30-18-33(8)32-26(35)20(3)29/h10-14,17-18H,3-4,9,15-16H2,1-2,5-8H3,(H,32,35). The van der Waals surface area contributed by atoms with Crippen LogP contribution in [0.25, 0.3) is 0 Å². The molecule has 10 heteroatoms. The molecule has 1 N–H and O–H groups in total. The summed E-state index contributed by atoms with van der Waals surface area (Å²) in [4.78, 5) is 34.3. The van der Waals surface area contributed by atoms with Crippen molar-refractivity contribution in [2.75, 3.05) is 13.6 Å². The molecule has 0 fully saturated rings. The highest BCUT2D eigenvalue weighted by molar-refractivity contribution is 5.90. The number of amides is 2. The molecule has 0 aliphatic heterocycles. The molecule has 0 bridgehead atoms. The van der Waals surface area contributed by atoms with Gasteiger partial charge in [-0.2, -0.15) is 0 Å². The van der Waals surface area contributed by atoms with Gasteiger partial charge in [-0.3, -0.25) is 20.1 Å². The number of ether oxygens (including phenoxy) is 2. The Balaban J connectivity index is 2.24. The van der Waals surface area contributed by atoms with Gasteiger partial charge < -0.3 is 9.47 Å². The Morgan fingerprint density at radius 3 is 2.50 bits per heavy atom. The zero-order valence-corrected chi connectivity index (χ0v) is 22.9. The minimum atomic E-state index is -1.14. The lowest BCUT2D eigenvalue weighted by molar-refractivity contribution is -0.121. The molecular formula is C28H36FN5O4. The first-order chi connectivity index (χ1) is 17.8. The Bertz CT molecular complexity index is 1210. The van der Waals surface area contributed by atoms with Crippen molar-refractivity contribution in [2.45, 2.75) is 53.1 Å². The average Bonchev–Trinajstić information content (AvgIpc) is 2.82. The van der Waals surface area contributed by atoms with Gasteiger partial charge >= 0.3 is 6.09 Å². The maximum absolute atomic E-state index is 13.0. The fourth-order valence-corrected chi connectivity index (χ4v) is 3.29. The second kappa shape index (κ2) is 13.4. The summed E-state index contributed by atoms with van der Waals surface area (Å²) in [6, 6.07) is 11.4. The molecule has 0 aliphatic carbocycles. The van der Waals surface area contributed by atoms with Gasteiger partial charge in [-0.1, -0.05) is 32.2 Å². The average molecular weight is 526 g/mol. The number of pyridine rings is 1. The largest absolute Gasteiger partial charge is 0.443 e. The van der Waals surface area contributed by atoms with E-state index in [4.69, 9.17) is 9.47 Å². The van der Waals surface area contributed by atoms with Gasteiger partial charge in [-0.15, -0.1) is 0 Å². The number of aromatic nitrogens is 1. The van der Waals surface area contributed by atoms with Crippen LogP contribution in [0.1, 0.15) is 44.5 Å². The van der Waals surface area contributed by atoms with Crippen molar-refractivity contribution in [3.63, 3.8) is 0 Å². The number of hydrazine groups is 1. The number of carbonyl (C=O) groups is 2. The molecule has 1 heterocycles. The van der Waals surface area contributed by atoms with E-state index in [1.165, 1.54) is 18.3 Å². The summed E-state index contributed by atoms with van der Waals surface area (Å²) < 4.78 is 24.5. The molecule has 0 radical (unpaired) electrons. The summed E-state index contributed by atoms with van der Waals surface area (Å²) in [7, 11) is 1.44. The first-order valence-electron chi connectivity index (χ1n) is 12.1. The third-order valence-corrected chi connectivity index (χ3v) is 5.08. The maximum atomic E-state index is 13.0. The summed E-state index contributed by atoms with van der Waals surface area (Å²) in [6.07, 6.45) is 1.82. The molecule has 1 aromatic carbocycles. The number of hydrogen-bond donors (Lipinski definition) is 1. The van der Waals surface area contributed by atoms with Crippen LogP contribution < -0.4 is 10.2 Å². The molecule has 2 amide bonds. The van der Waals surface area contributed by atoms with Crippen LogP contribution in [-0.4, -0.2) is 52.4 Å². The molecule has 0 aliphatic rings. The van der Waals surface area contributed by atoms with Crippen molar-refractivity contribution in [3.8, 4) is 11.6 Å². The van der Waals surface area contributed by atoms with Gasteiger partial charge in [0.2, 0.25) is 5.88 Å². The van der Waals surface area contributed by atoms with Gasteiger partial charge in [-0.25, -0.2) is 19.2 Å². The minimum absolute atomic E-state index is 0.0776. The van der Waals surface area contributed by atoms with Gasteiger partial charge in [0.05, 0.1) is 0 Å². The molecule has 0 saturated carbocycles. The van der Waals surface area contributed by atoms with E-state index in [0.717, 1.165) is 28.3 Å². The van der Waals surface area contributed by atoms with Crippen molar-refractivity contribution in [3.05, 3.63) is 78.0 Å². The molecule has 0 spiro atoms. The van der Waals surface area contributed by atoms with Gasteiger partial charge in [0.15, 0.2) is 5.83 Å². The van der Waals surface area contributed by atoms with Crippen LogP contribution in [0.15, 0.2) is 66.2 Å². The van der Waals surface area contributed by atoms with E-state index < -0.39 is 23.4 Å². The third kappa shape index (κ3) is 9.68. The van der Waals surface area contributed by atoms with E-state index in [0.29, 0.717) is 18.1 Å². The number of nitrogens with one attached hydrogen (secondary N) is 1. The van der Waals surface area contributed by atoms with E-state index in [1.54, 1.807) is 26.8 Å². The quantitative estimate of drug-likeness (QED) is 0.181. The fourth-order valence-electron chi connectivity index (χ4n) is 3.29. The van der Waals surface area contributed by atoms with Gasteiger partial charge in [0.25, 0.3) is 5.91 Å². The number of carbonyl (C=O) groups excluding carboxylic acids is 2. The smallest absolute Gasteiger partial charge is 0.415 e. The van der Waals surface area contributed by atoms with Gasteiger partial charge in [-0.05, 0) is 69.9 Å². The van der Waals surface area contributed by atoms with E-state index in [2.05, 4.69) is 28.6 Å².